The van der Waals surface area contributed by atoms with Gasteiger partial charge in [-0.15, -0.1) is 0 Å². The highest BCUT2D eigenvalue weighted by Crippen LogP contribution is 2.24. The molecule has 3 aromatic rings. The lowest BCUT2D eigenvalue weighted by Gasteiger charge is -2.12. The standard InChI is InChI=1S/C23H21NO3/c1-16(25)19-10-12-20(13-11-19)24-22-15-18(9-14-21(22)23(26)27)8-7-17-5-3-2-4-6-17/h2-6,9-15,24H,7-8H2,1H3,(H,26,27). The number of carbonyl (C=O) groups is 2. The van der Waals surface area contributed by atoms with Gasteiger partial charge >= 0.3 is 5.97 Å². The van der Waals surface area contributed by atoms with E-state index in [2.05, 4.69) is 17.4 Å². The third kappa shape index (κ3) is 4.82. The van der Waals surface area contributed by atoms with Crippen LogP contribution < -0.4 is 5.32 Å². The van der Waals surface area contributed by atoms with Crippen LogP contribution in [0.15, 0.2) is 72.8 Å². The van der Waals surface area contributed by atoms with Crippen molar-refractivity contribution in [1.29, 1.82) is 0 Å². The van der Waals surface area contributed by atoms with E-state index in [9.17, 15) is 14.7 Å². The molecule has 0 radical (unpaired) electrons. The number of aryl methyl sites for hydroxylation is 2. The fourth-order valence-electron chi connectivity index (χ4n) is 2.91. The minimum Gasteiger partial charge on any atom is -0.478 e. The number of carboxylic acid groups (broad SMARTS) is 1. The Morgan fingerprint density at radius 2 is 1.52 bits per heavy atom. The fraction of sp³-hybridized carbons (Fsp3) is 0.130. The summed E-state index contributed by atoms with van der Waals surface area (Å²) in [4.78, 5) is 23.0. The maximum atomic E-state index is 11.6. The van der Waals surface area contributed by atoms with Crippen molar-refractivity contribution in [1.82, 2.24) is 0 Å². The largest absolute Gasteiger partial charge is 0.478 e. The van der Waals surface area contributed by atoms with E-state index in [1.54, 1.807) is 30.3 Å². The number of benzene rings is 3. The molecule has 0 atom stereocenters. The number of carboxylic acids is 1. The highest BCUT2D eigenvalue weighted by molar-refractivity contribution is 5.96. The summed E-state index contributed by atoms with van der Waals surface area (Å²) in [6.45, 7) is 1.52. The van der Waals surface area contributed by atoms with Crippen molar-refractivity contribution in [3.8, 4) is 0 Å². The number of carbonyl (C=O) groups excluding carboxylic acids is 1. The molecule has 0 unspecified atom stereocenters. The smallest absolute Gasteiger partial charge is 0.337 e. The van der Waals surface area contributed by atoms with Crippen molar-refractivity contribution < 1.29 is 14.7 Å². The Balaban J connectivity index is 1.81. The molecule has 0 aromatic heterocycles. The van der Waals surface area contributed by atoms with Crippen molar-refractivity contribution in [3.05, 3.63) is 95.1 Å². The summed E-state index contributed by atoms with van der Waals surface area (Å²) in [5.74, 6) is -0.983. The predicted octanol–water partition coefficient (Wildman–Crippen LogP) is 5.12. The second-order valence-electron chi connectivity index (χ2n) is 6.43. The highest BCUT2D eigenvalue weighted by atomic mass is 16.4. The number of rotatable bonds is 7. The maximum Gasteiger partial charge on any atom is 0.337 e. The van der Waals surface area contributed by atoms with Gasteiger partial charge < -0.3 is 10.4 Å². The van der Waals surface area contributed by atoms with Gasteiger partial charge in [0.05, 0.1) is 11.3 Å². The van der Waals surface area contributed by atoms with Crippen LogP contribution in [0, 0.1) is 0 Å². The van der Waals surface area contributed by atoms with E-state index < -0.39 is 5.97 Å². The van der Waals surface area contributed by atoms with E-state index in [-0.39, 0.29) is 11.3 Å². The summed E-state index contributed by atoms with van der Waals surface area (Å²) < 4.78 is 0. The summed E-state index contributed by atoms with van der Waals surface area (Å²) in [6, 6.07) is 22.6. The Bertz CT molecular complexity index is 947. The molecule has 0 heterocycles. The summed E-state index contributed by atoms with van der Waals surface area (Å²) in [6.07, 6.45) is 1.71. The Labute approximate surface area is 158 Å². The van der Waals surface area contributed by atoms with Gasteiger partial charge in [-0.05, 0) is 67.3 Å². The third-order valence-electron chi connectivity index (χ3n) is 4.43. The van der Waals surface area contributed by atoms with Crippen LogP contribution in [0.25, 0.3) is 0 Å². The van der Waals surface area contributed by atoms with E-state index >= 15 is 0 Å². The van der Waals surface area contributed by atoms with Gasteiger partial charge in [-0.1, -0.05) is 36.4 Å². The first kappa shape index (κ1) is 18.4. The normalized spacial score (nSPS) is 10.4. The molecule has 3 aromatic carbocycles. The summed E-state index contributed by atoms with van der Waals surface area (Å²) >= 11 is 0. The van der Waals surface area contributed by atoms with E-state index in [1.807, 2.05) is 30.3 Å². The first-order valence-electron chi connectivity index (χ1n) is 8.81. The molecular formula is C23H21NO3. The molecule has 0 fully saturated rings. The number of anilines is 2. The maximum absolute atomic E-state index is 11.6. The molecule has 4 nitrogen and oxygen atoms in total. The first-order valence-corrected chi connectivity index (χ1v) is 8.81. The topological polar surface area (TPSA) is 66.4 Å². The lowest BCUT2D eigenvalue weighted by Crippen LogP contribution is -2.04. The van der Waals surface area contributed by atoms with Gasteiger partial charge in [-0.25, -0.2) is 4.79 Å². The predicted molar refractivity (Wildman–Crippen MR) is 107 cm³/mol. The average Bonchev–Trinajstić information content (AvgIpc) is 2.67. The average molecular weight is 359 g/mol. The number of hydrogen-bond donors (Lipinski definition) is 2. The molecule has 3 rings (SSSR count). The van der Waals surface area contributed by atoms with Crippen molar-refractivity contribution in [2.45, 2.75) is 19.8 Å². The molecule has 0 saturated heterocycles. The number of ketones is 1. The van der Waals surface area contributed by atoms with E-state index in [4.69, 9.17) is 0 Å². The van der Waals surface area contributed by atoms with Gasteiger partial charge in [0.1, 0.15) is 0 Å². The van der Waals surface area contributed by atoms with Crippen molar-refractivity contribution in [2.75, 3.05) is 5.32 Å². The van der Waals surface area contributed by atoms with Crippen LogP contribution >= 0.6 is 0 Å². The SMILES string of the molecule is CC(=O)c1ccc(Nc2cc(CCc3ccccc3)ccc2C(=O)O)cc1. The molecule has 0 aliphatic heterocycles. The molecule has 27 heavy (non-hydrogen) atoms. The van der Waals surface area contributed by atoms with Crippen molar-refractivity contribution in [2.24, 2.45) is 0 Å². The zero-order valence-corrected chi connectivity index (χ0v) is 15.1. The molecule has 0 saturated carbocycles. The molecule has 0 aliphatic carbocycles. The minimum atomic E-state index is -0.979. The van der Waals surface area contributed by atoms with Gasteiger partial charge in [0.15, 0.2) is 5.78 Å². The zero-order chi connectivity index (χ0) is 19.2. The minimum absolute atomic E-state index is 0.00400. The number of hydrogen-bond acceptors (Lipinski definition) is 3. The van der Waals surface area contributed by atoms with Gasteiger partial charge in [0, 0.05) is 11.3 Å². The third-order valence-corrected chi connectivity index (χ3v) is 4.43. The molecule has 0 bridgehead atoms. The van der Waals surface area contributed by atoms with Crippen LogP contribution in [0.2, 0.25) is 0 Å². The van der Waals surface area contributed by atoms with Gasteiger partial charge in [0.25, 0.3) is 0 Å². The highest BCUT2D eigenvalue weighted by Gasteiger charge is 2.11. The van der Waals surface area contributed by atoms with Crippen molar-refractivity contribution >= 4 is 23.1 Å². The Hall–Kier alpha value is -3.40. The van der Waals surface area contributed by atoms with Crippen molar-refractivity contribution in [3.63, 3.8) is 0 Å². The molecule has 2 N–H and O–H groups in total. The van der Waals surface area contributed by atoms with Crippen LogP contribution in [0.1, 0.15) is 38.8 Å². The fourth-order valence-corrected chi connectivity index (χ4v) is 2.91. The zero-order valence-electron chi connectivity index (χ0n) is 15.1. The number of nitrogens with one attached hydrogen (secondary N) is 1. The number of Topliss-reactive ketones (excluding diaryl/α,β-unsaturated/α-hetero) is 1. The Kier molecular flexibility index (Phi) is 5.67. The first-order chi connectivity index (χ1) is 13.0. The van der Waals surface area contributed by atoms with Gasteiger partial charge in [-0.2, -0.15) is 0 Å². The Morgan fingerprint density at radius 1 is 0.852 bits per heavy atom. The molecule has 0 spiro atoms. The van der Waals surface area contributed by atoms with E-state index in [1.165, 1.54) is 12.5 Å². The second-order valence-corrected chi connectivity index (χ2v) is 6.43. The molecule has 0 aliphatic rings. The Morgan fingerprint density at radius 3 is 2.15 bits per heavy atom. The summed E-state index contributed by atoms with van der Waals surface area (Å²) in [5.41, 5.74) is 4.43. The second kappa shape index (κ2) is 8.32. The molecular weight excluding hydrogens is 338 g/mol. The van der Waals surface area contributed by atoms with Crippen LogP contribution in [-0.4, -0.2) is 16.9 Å². The lowest BCUT2D eigenvalue weighted by molar-refractivity contribution is 0.0697. The van der Waals surface area contributed by atoms with Gasteiger partial charge in [-0.3, -0.25) is 4.79 Å². The lowest BCUT2D eigenvalue weighted by atomic mass is 10.0. The monoisotopic (exact) mass is 359 g/mol. The summed E-state index contributed by atoms with van der Waals surface area (Å²) in [7, 11) is 0. The molecule has 136 valence electrons. The van der Waals surface area contributed by atoms with Crippen LogP contribution in [-0.2, 0) is 12.8 Å². The molecule has 4 heteroatoms. The van der Waals surface area contributed by atoms with E-state index in [0.29, 0.717) is 11.3 Å². The van der Waals surface area contributed by atoms with Crippen LogP contribution in [0.3, 0.4) is 0 Å². The summed E-state index contributed by atoms with van der Waals surface area (Å²) in [5, 5.41) is 12.6. The van der Waals surface area contributed by atoms with Crippen LogP contribution in [0.4, 0.5) is 11.4 Å². The van der Waals surface area contributed by atoms with E-state index in [0.717, 1.165) is 24.1 Å². The van der Waals surface area contributed by atoms with Crippen LogP contribution in [0.5, 0.6) is 0 Å². The number of aromatic carboxylic acids is 1. The molecule has 0 amide bonds. The quantitative estimate of drug-likeness (QED) is 0.575. The van der Waals surface area contributed by atoms with Gasteiger partial charge in [0.2, 0.25) is 0 Å².